The van der Waals surface area contributed by atoms with Crippen molar-refractivity contribution >= 4 is 37.5 Å². The van der Waals surface area contributed by atoms with E-state index in [-0.39, 0.29) is 29.8 Å². The van der Waals surface area contributed by atoms with Gasteiger partial charge in [0.2, 0.25) is 15.9 Å². The van der Waals surface area contributed by atoms with Crippen molar-refractivity contribution < 1.29 is 17.6 Å². The van der Waals surface area contributed by atoms with Crippen molar-refractivity contribution in [3.8, 4) is 0 Å². The van der Waals surface area contributed by atoms with E-state index in [4.69, 9.17) is 0 Å². The number of hydrogen-bond acceptors (Lipinski definition) is 3. The Morgan fingerprint density at radius 2 is 1.64 bits per heavy atom. The maximum Gasteiger partial charge on any atom is 0.243 e. The lowest BCUT2D eigenvalue weighted by molar-refractivity contribution is -0.120. The van der Waals surface area contributed by atoms with E-state index in [1.54, 1.807) is 0 Å². The van der Waals surface area contributed by atoms with Crippen molar-refractivity contribution in [2.24, 2.45) is 5.92 Å². The highest BCUT2D eigenvalue weighted by Gasteiger charge is 2.32. The number of amides is 1. The summed E-state index contributed by atoms with van der Waals surface area (Å²) in [4.78, 5) is 12.8. The second-order valence-corrected chi connectivity index (χ2v) is 9.89. The topological polar surface area (TPSA) is 66.5 Å². The molecule has 3 rings (SSSR count). The van der Waals surface area contributed by atoms with E-state index in [1.165, 1.54) is 16.4 Å². The lowest BCUT2D eigenvalue weighted by Crippen LogP contribution is -2.41. The minimum Gasteiger partial charge on any atom is -0.325 e. The van der Waals surface area contributed by atoms with Crippen molar-refractivity contribution in [3.05, 3.63) is 57.8 Å². The highest BCUT2D eigenvalue weighted by atomic mass is 79.9. The predicted molar refractivity (Wildman–Crippen MR) is 110 cm³/mol. The molecule has 0 unspecified atom stereocenters. The van der Waals surface area contributed by atoms with E-state index in [0.29, 0.717) is 12.8 Å². The van der Waals surface area contributed by atoms with Crippen LogP contribution in [0.4, 0.5) is 10.1 Å². The number of anilines is 1. The average Bonchev–Trinajstić information content (AvgIpc) is 2.65. The molecule has 1 fully saturated rings. The molecule has 2 aromatic carbocycles. The molecule has 0 atom stereocenters. The predicted octanol–water partition coefficient (Wildman–Crippen LogP) is 4.24. The van der Waals surface area contributed by atoms with Crippen molar-refractivity contribution in [3.63, 3.8) is 0 Å². The Morgan fingerprint density at radius 3 is 2.18 bits per heavy atom. The molecule has 1 aliphatic rings. The van der Waals surface area contributed by atoms with Crippen LogP contribution >= 0.6 is 15.9 Å². The molecule has 0 saturated carbocycles. The number of rotatable bonds is 4. The van der Waals surface area contributed by atoms with Gasteiger partial charge in [0.15, 0.2) is 0 Å². The van der Waals surface area contributed by atoms with E-state index in [9.17, 15) is 17.6 Å². The summed E-state index contributed by atoms with van der Waals surface area (Å²) in [7, 11) is -3.68. The first-order valence-corrected chi connectivity index (χ1v) is 11.2. The lowest BCUT2D eigenvalue weighted by atomic mass is 9.96. The molecule has 1 amide bonds. The van der Waals surface area contributed by atoms with Gasteiger partial charge >= 0.3 is 0 Å². The largest absolute Gasteiger partial charge is 0.325 e. The van der Waals surface area contributed by atoms with E-state index >= 15 is 0 Å². The van der Waals surface area contributed by atoms with Gasteiger partial charge in [0.05, 0.1) is 4.90 Å². The normalized spacial score (nSPS) is 16.1. The van der Waals surface area contributed by atoms with Crippen molar-refractivity contribution in [1.29, 1.82) is 0 Å². The Bertz CT molecular complexity index is 962. The summed E-state index contributed by atoms with van der Waals surface area (Å²) in [6.45, 7) is 4.39. The number of sulfonamides is 1. The van der Waals surface area contributed by atoms with Gasteiger partial charge in [-0.05, 0) is 74.2 Å². The highest BCUT2D eigenvalue weighted by Crippen LogP contribution is 2.28. The Labute approximate surface area is 173 Å². The van der Waals surface area contributed by atoms with Crippen LogP contribution < -0.4 is 5.32 Å². The summed E-state index contributed by atoms with van der Waals surface area (Å²) < 4.78 is 40.8. The summed E-state index contributed by atoms with van der Waals surface area (Å²) >= 11 is 3.44. The number of carbonyl (C=O) groups excluding carboxylic acids is 1. The molecule has 1 saturated heterocycles. The summed E-state index contributed by atoms with van der Waals surface area (Å²) in [5, 5.41) is 3.00. The molecule has 28 heavy (non-hydrogen) atoms. The summed E-state index contributed by atoms with van der Waals surface area (Å²) in [5.74, 6) is -0.817. The zero-order valence-corrected chi connectivity index (χ0v) is 18.1. The van der Waals surface area contributed by atoms with Crippen LogP contribution in [0.5, 0.6) is 0 Å². The van der Waals surface area contributed by atoms with Gasteiger partial charge in [-0.15, -0.1) is 0 Å². The van der Waals surface area contributed by atoms with Crippen molar-refractivity contribution in [2.45, 2.75) is 31.6 Å². The maximum atomic E-state index is 13.1. The number of nitrogens with zero attached hydrogens (tertiary/aromatic N) is 1. The Kier molecular flexibility index (Phi) is 6.21. The third-order valence-electron chi connectivity index (χ3n) is 5.02. The monoisotopic (exact) mass is 468 g/mol. The smallest absolute Gasteiger partial charge is 0.243 e. The number of halogens is 2. The molecular weight excluding hydrogens is 447 g/mol. The Hall–Kier alpha value is -1.77. The molecule has 0 radical (unpaired) electrons. The van der Waals surface area contributed by atoms with E-state index in [2.05, 4.69) is 21.2 Å². The first-order valence-electron chi connectivity index (χ1n) is 9.02. The molecular formula is C20H22BrFN2O3S. The standard InChI is InChI=1S/C20H22BrFN2O3S/c1-13-11-16(21)12-14(2)19(13)23-20(25)15-7-9-24(10-8-15)28(26,27)18-5-3-17(22)4-6-18/h3-6,11-12,15H,7-10H2,1-2H3,(H,23,25). The third kappa shape index (κ3) is 4.45. The average molecular weight is 469 g/mol. The third-order valence-corrected chi connectivity index (χ3v) is 7.39. The Morgan fingerprint density at radius 1 is 1.11 bits per heavy atom. The lowest BCUT2D eigenvalue weighted by Gasteiger charge is -2.30. The number of carbonyl (C=O) groups is 1. The molecule has 0 bridgehead atoms. The fourth-order valence-corrected chi connectivity index (χ4v) is 5.60. The summed E-state index contributed by atoms with van der Waals surface area (Å²) in [6.07, 6.45) is 0.891. The van der Waals surface area contributed by atoms with Crippen LogP contribution in [-0.4, -0.2) is 31.7 Å². The second kappa shape index (κ2) is 8.31. The first kappa shape index (κ1) is 21.0. The molecule has 1 N–H and O–H groups in total. The molecule has 2 aromatic rings. The molecule has 0 aliphatic carbocycles. The van der Waals surface area contributed by atoms with E-state index in [0.717, 1.165) is 33.4 Å². The van der Waals surface area contributed by atoms with Gasteiger partial charge in [-0.25, -0.2) is 12.8 Å². The van der Waals surface area contributed by atoms with Gasteiger partial charge < -0.3 is 5.32 Å². The van der Waals surface area contributed by atoms with Gasteiger partial charge in [-0.1, -0.05) is 15.9 Å². The van der Waals surface area contributed by atoms with Crippen molar-refractivity contribution in [2.75, 3.05) is 18.4 Å². The zero-order valence-electron chi connectivity index (χ0n) is 15.7. The number of nitrogens with one attached hydrogen (secondary N) is 1. The van der Waals surface area contributed by atoms with Crippen LogP contribution in [0.3, 0.4) is 0 Å². The van der Waals surface area contributed by atoms with E-state index < -0.39 is 15.8 Å². The van der Waals surface area contributed by atoms with Gasteiger partial charge in [-0.2, -0.15) is 4.31 Å². The highest BCUT2D eigenvalue weighted by molar-refractivity contribution is 9.10. The summed E-state index contributed by atoms with van der Waals surface area (Å²) in [6, 6.07) is 8.69. The van der Waals surface area contributed by atoms with Crippen LogP contribution in [0.15, 0.2) is 45.8 Å². The molecule has 150 valence electrons. The van der Waals surface area contributed by atoms with Crippen LogP contribution in [0.25, 0.3) is 0 Å². The van der Waals surface area contributed by atoms with Crippen LogP contribution in [0.2, 0.25) is 0 Å². The van der Waals surface area contributed by atoms with Gasteiger partial charge in [0, 0.05) is 29.2 Å². The number of aryl methyl sites for hydroxylation is 2. The minimum atomic E-state index is -3.68. The SMILES string of the molecule is Cc1cc(Br)cc(C)c1NC(=O)C1CCN(S(=O)(=O)c2ccc(F)cc2)CC1. The van der Waals surface area contributed by atoms with Crippen LogP contribution in [0.1, 0.15) is 24.0 Å². The van der Waals surface area contributed by atoms with E-state index in [1.807, 2.05) is 26.0 Å². The van der Waals surface area contributed by atoms with Gasteiger partial charge in [0.25, 0.3) is 0 Å². The second-order valence-electron chi connectivity index (χ2n) is 7.04. The molecule has 8 heteroatoms. The van der Waals surface area contributed by atoms with Crippen LogP contribution in [-0.2, 0) is 14.8 Å². The minimum absolute atomic E-state index is 0.0675. The van der Waals surface area contributed by atoms with Crippen LogP contribution in [0, 0.1) is 25.6 Å². The Balaban J connectivity index is 1.65. The molecule has 5 nitrogen and oxygen atoms in total. The number of hydrogen-bond donors (Lipinski definition) is 1. The number of piperidine rings is 1. The molecule has 1 heterocycles. The first-order chi connectivity index (χ1) is 13.2. The fourth-order valence-electron chi connectivity index (χ4n) is 3.45. The fraction of sp³-hybridized carbons (Fsp3) is 0.350. The molecule has 1 aliphatic heterocycles. The quantitative estimate of drug-likeness (QED) is 0.729. The maximum absolute atomic E-state index is 13.1. The molecule has 0 spiro atoms. The summed E-state index contributed by atoms with van der Waals surface area (Å²) in [5.41, 5.74) is 2.74. The van der Waals surface area contributed by atoms with Crippen molar-refractivity contribution in [1.82, 2.24) is 4.31 Å². The zero-order chi connectivity index (χ0) is 20.5. The van der Waals surface area contributed by atoms with Gasteiger partial charge in [0.1, 0.15) is 5.82 Å². The number of benzene rings is 2. The van der Waals surface area contributed by atoms with Gasteiger partial charge in [-0.3, -0.25) is 4.79 Å². The molecule has 0 aromatic heterocycles.